The molecule has 0 radical (unpaired) electrons. The van der Waals surface area contributed by atoms with Crippen molar-refractivity contribution < 1.29 is 0 Å². The van der Waals surface area contributed by atoms with E-state index in [1.807, 2.05) is 11.3 Å². The topological polar surface area (TPSA) is 27.0 Å². The van der Waals surface area contributed by atoms with Crippen LogP contribution in [0.25, 0.3) is 0 Å². The van der Waals surface area contributed by atoms with E-state index in [0.29, 0.717) is 6.04 Å². The fourth-order valence-corrected chi connectivity index (χ4v) is 4.35. The van der Waals surface area contributed by atoms with Gasteiger partial charge in [-0.1, -0.05) is 6.92 Å². The van der Waals surface area contributed by atoms with Crippen LogP contribution in [0.5, 0.6) is 0 Å². The lowest BCUT2D eigenvalue weighted by Crippen LogP contribution is -2.45. The summed E-state index contributed by atoms with van der Waals surface area (Å²) in [7, 11) is 0. The Kier molecular flexibility index (Phi) is 3.41. The summed E-state index contributed by atoms with van der Waals surface area (Å²) in [5.41, 5.74) is 1.50. The Hall–Kier alpha value is -0.850. The molecule has 0 bridgehead atoms. The minimum atomic E-state index is 0.251. The predicted octanol–water partition coefficient (Wildman–Crippen LogP) is 3.43. The van der Waals surface area contributed by atoms with E-state index in [4.69, 9.17) is 0 Å². The maximum Gasteiger partial charge on any atom is 0.0672 e. The maximum atomic E-state index is 9.36. The molecule has 3 heteroatoms. The summed E-state index contributed by atoms with van der Waals surface area (Å²) in [6.45, 7) is 4.54. The van der Waals surface area contributed by atoms with Gasteiger partial charge in [-0.3, -0.25) is 4.90 Å². The van der Waals surface area contributed by atoms with Gasteiger partial charge >= 0.3 is 0 Å². The van der Waals surface area contributed by atoms with Crippen LogP contribution >= 0.6 is 11.3 Å². The van der Waals surface area contributed by atoms with Gasteiger partial charge in [0.25, 0.3) is 0 Å². The van der Waals surface area contributed by atoms with Gasteiger partial charge in [-0.2, -0.15) is 5.26 Å². The van der Waals surface area contributed by atoms with Crippen molar-refractivity contribution in [1.82, 2.24) is 4.90 Å². The molecule has 1 aliphatic heterocycles. The van der Waals surface area contributed by atoms with Gasteiger partial charge in [0.05, 0.1) is 12.0 Å². The highest BCUT2D eigenvalue weighted by atomic mass is 32.1. The Morgan fingerprint density at radius 2 is 2.33 bits per heavy atom. The summed E-state index contributed by atoms with van der Waals surface area (Å²) < 4.78 is 0. The van der Waals surface area contributed by atoms with Gasteiger partial charge in [-0.05, 0) is 48.6 Å². The summed E-state index contributed by atoms with van der Waals surface area (Å²) in [5.74, 6) is 1.03. The number of nitrogens with zero attached hydrogens (tertiary/aromatic N) is 2. The van der Waals surface area contributed by atoms with Gasteiger partial charge in [0.15, 0.2) is 0 Å². The molecular formula is C15H20N2S. The average molecular weight is 260 g/mol. The smallest absolute Gasteiger partial charge is 0.0672 e. The molecular weight excluding hydrogens is 240 g/mol. The lowest BCUT2D eigenvalue weighted by Gasteiger charge is -2.41. The minimum Gasteiger partial charge on any atom is -0.294 e. The van der Waals surface area contributed by atoms with Crippen LogP contribution in [0.3, 0.4) is 0 Å². The Morgan fingerprint density at radius 1 is 1.44 bits per heavy atom. The number of rotatable bonds is 1. The molecule has 0 amide bonds. The Labute approximate surface area is 113 Å². The van der Waals surface area contributed by atoms with E-state index < -0.39 is 0 Å². The first-order valence-electron chi connectivity index (χ1n) is 6.97. The number of fused-ring (bicyclic) bond motifs is 1. The number of hydrogen-bond donors (Lipinski definition) is 0. The SMILES string of the molecule is CC1CCC(C#N)C(N2CCc3sccc3C2)C1. The third kappa shape index (κ3) is 2.20. The molecule has 2 nitrogen and oxygen atoms in total. The predicted molar refractivity (Wildman–Crippen MR) is 74.3 cm³/mol. The number of thiophene rings is 1. The van der Waals surface area contributed by atoms with Crippen LogP contribution in [0.15, 0.2) is 11.4 Å². The second kappa shape index (κ2) is 5.03. The van der Waals surface area contributed by atoms with Gasteiger partial charge in [0.1, 0.15) is 0 Å². The highest BCUT2D eigenvalue weighted by Gasteiger charge is 2.34. The van der Waals surface area contributed by atoms with Crippen molar-refractivity contribution in [3.05, 3.63) is 21.9 Å². The van der Waals surface area contributed by atoms with Crippen LogP contribution < -0.4 is 0 Å². The molecule has 3 atom stereocenters. The van der Waals surface area contributed by atoms with Gasteiger partial charge in [0, 0.05) is 24.0 Å². The van der Waals surface area contributed by atoms with Crippen LogP contribution in [0.4, 0.5) is 0 Å². The molecule has 1 aromatic heterocycles. The van der Waals surface area contributed by atoms with Gasteiger partial charge < -0.3 is 0 Å². The second-order valence-corrected chi connectivity index (χ2v) is 6.81. The van der Waals surface area contributed by atoms with Crippen molar-refractivity contribution in [2.75, 3.05) is 6.54 Å². The highest BCUT2D eigenvalue weighted by Crippen LogP contribution is 2.35. The molecule has 1 saturated carbocycles. The van der Waals surface area contributed by atoms with Crippen LogP contribution in [0, 0.1) is 23.2 Å². The molecule has 2 heterocycles. The van der Waals surface area contributed by atoms with Crippen LogP contribution in [-0.4, -0.2) is 17.5 Å². The van der Waals surface area contributed by atoms with E-state index in [-0.39, 0.29) is 5.92 Å². The van der Waals surface area contributed by atoms with E-state index in [1.165, 1.54) is 24.8 Å². The molecule has 18 heavy (non-hydrogen) atoms. The summed E-state index contributed by atoms with van der Waals surface area (Å²) in [4.78, 5) is 4.13. The van der Waals surface area contributed by atoms with Crippen molar-refractivity contribution in [2.24, 2.45) is 11.8 Å². The highest BCUT2D eigenvalue weighted by molar-refractivity contribution is 7.10. The lowest BCUT2D eigenvalue weighted by atomic mass is 9.78. The largest absolute Gasteiger partial charge is 0.294 e. The monoisotopic (exact) mass is 260 g/mol. The minimum absolute atomic E-state index is 0.251. The maximum absolute atomic E-state index is 9.36. The third-order valence-corrected chi connectivity index (χ3v) is 5.57. The summed E-state index contributed by atoms with van der Waals surface area (Å²) >= 11 is 1.89. The van der Waals surface area contributed by atoms with Crippen molar-refractivity contribution in [1.29, 1.82) is 5.26 Å². The Morgan fingerprint density at radius 3 is 3.17 bits per heavy atom. The fraction of sp³-hybridized carbons (Fsp3) is 0.667. The molecule has 0 spiro atoms. The van der Waals surface area contributed by atoms with E-state index in [1.54, 1.807) is 4.88 Å². The zero-order valence-corrected chi connectivity index (χ0v) is 11.7. The summed E-state index contributed by atoms with van der Waals surface area (Å²) in [6.07, 6.45) is 4.70. The quantitative estimate of drug-likeness (QED) is 0.773. The molecule has 0 N–H and O–H groups in total. The standard InChI is InChI=1S/C15H20N2S/c1-11-2-3-12(9-16)14(8-11)17-6-4-15-13(10-17)5-7-18-15/h5,7,11-12,14H,2-4,6,8,10H2,1H3. The van der Waals surface area contributed by atoms with E-state index in [0.717, 1.165) is 25.4 Å². The number of hydrogen-bond acceptors (Lipinski definition) is 3. The Bertz CT molecular complexity index is 459. The van der Waals surface area contributed by atoms with Gasteiger partial charge in [0.2, 0.25) is 0 Å². The zero-order chi connectivity index (χ0) is 12.5. The molecule has 1 fully saturated rings. The molecule has 0 aromatic carbocycles. The van der Waals surface area contributed by atoms with Crippen LogP contribution in [-0.2, 0) is 13.0 Å². The molecule has 96 valence electrons. The normalized spacial score (nSPS) is 32.8. The first-order chi connectivity index (χ1) is 8.78. The second-order valence-electron chi connectivity index (χ2n) is 5.81. The fourth-order valence-electron chi connectivity index (χ4n) is 3.46. The molecule has 1 aromatic rings. The zero-order valence-electron chi connectivity index (χ0n) is 10.9. The number of nitriles is 1. The molecule has 1 aliphatic carbocycles. The molecule has 3 unspecified atom stereocenters. The average Bonchev–Trinajstić information content (AvgIpc) is 2.85. The first-order valence-corrected chi connectivity index (χ1v) is 7.85. The third-order valence-electron chi connectivity index (χ3n) is 4.55. The molecule has 3 rings (SSSR count). The molecule has 2 aliphatic rings. The van der Waals surface area contributed by atoms with Crippen molar-refractivity contribution in [3.63, 3.8) is 0 Å². The van der Waals surface area contributed by atoms with E-state index in [2.05, 4.69) is 29.3 Å². The van der Waals surface area contributed by atoms with E-state index in [9.17, 15) is 5.26 Å². The van der Waals surface area contributed by atoms with Gasteiger partial charge in [-0.15, -0.1) is 11.3 Å². The van der Waals surface area contributed by atoms with Gasteiger partial charge in [-0.25, -0.2) is 0 Å². The van der Waals surface area contributed by atoms with Crippen molar-refractivity contribution >= 4 is 11.3 Å². The first kappa shape index (κ1) is 12.2. The van der Waals surface area contributed by atoms with Crippen molar-refractivity contribution in [3.8, 4) is 6.07 Å². The van der Waals surface area contributed by atoms with E-state index >= 15 is 0 Å². The van der Waals surface area contributed by atoms with Crippen LogP contribution in [0.2, 0.25) is 0 Å². The van der Waals surface area contributed by atoms with Crippen molar-refractivity contribution in [2.45, 2.75) is 45.2 Å². The summed E-state index contributed by atoms with van der Waals surface area (Å²) in [6, 6.07) is 5.31. The van der Waals surface area contributed by atoms with Crippen LogP contribution in [0.1, 0.15) is 36.6 Å². The summed E-state index contributed by atoms with van der Waals surface area (Å²) in [5, 5.41) is 11.6. The lowest BCUT2D eigenvalue weighted by molar-refractivity contribution is 0.0941. The molecule has 0 saturated heterocycles. The Balaban J connectivity index is 1.76.